The summed E-state index contributed by atoms with van der Waals surface area (Å²) in [5.41, 5.74) is 6.57. The lowest BCUT2D eigenvalue weighted by Gasteiger charge is -2.28. The number of carbonyl (C=O) groups excluding carboxylic acids is 1. The Balaban J connectivity index is 2.10. The average Bonchev–Trinajstić information content (AvgIpc) is 2.86. The van der Waals surface area contributed by atoms with E-state index in [9.17, 15) is 9.59 Å². The van der Waals surface area contributed by atoms with Gasteiger partial charge in [0.2, 0.25) is 5.91 Å². The number of nitrogens with zero attached hydrogens (tertiary/aromatic N) is 1. The van der Waals surface area contributed by atoms with Gasteiger partial charge in [-0.25, -0.2) is 0 Å². The number of aliphatic carboxylic acids is 1. The number of anilines is 1. The number of rotatable bonds is 6. The highest BCUT2D eigenvalue weighted by Crippen LogP contribution is 2.31. The van der Waals surface area contributed by atoms with Crippen molar-refractivity contribution in [2.75, 3.05) is 11.4 Å². The first-order valence-electron chi connectivity index (χ1n) is 7.36. The van der Waals surface area contributed by atoms with E-state index >= 15 is 0 Å². The summed E-state index contributed by atoms with van der Waals surface area (Å²) in [6, 6.07) is 9.17. The first-order chi connectivity index (χ1) is 10.0. The Morgan fingerprint density at radius 1 is 1.19 bits per heavy atom. The van der Waals surface area contributed by atoms with Gasteiger partial charge < -0.3 is 15.7 Å². The van der Waals surface area contributed by atoms with E-state index in [1.54, 1.807) is 4.90 Å². The van der Waals surface area contributed by atoms with Gasteiger partial charge in [0.1, 0.15) is 0 Å². The highest BCUT2D eigenvalue weighted by Gasteiger charge is 2.33. The summed E-state index contributed by atoms with van der Waals surface area (Å²) in [5.74, 6) is -1.00. The Bertz CT molecular complexity index is 496. The fourth-order valence-corrected chi connectivity index (χ4v) is 2.87. The molecule has 0 unspecified atom stereocenters. The van der Waals surface area contributed by atoms with Crippen molar-refractivity contribution < 1.29 is 14.7 Å². The second-order valence-electron chi connectivity index (χ2n) is 5.77. The SMILES string of the molecule is NC1(CC(=O)N(CCC(=O)O)c2ccccc2)CCCC1. The van der Waals surface area contributed by atoms with E-state index in [-0.39, 0.29) is 25.3 Å². The van der Waals surface area contributed by atoms with Crippen LogP contribution in [0.15, 0.2) is 30.3 Å². The van der Waals surface area contributed by atoms with E-state index in [0.29, 0.717) is 0 Å². The lowest BCUT2D eigenvalue weighted by Crippen LogP contribution is -2.44. The minimum absolute atomic E-state index is 0.0712. The molecule has 0 atom stereocenters. The van der Waals surface area contributed by atoms with Gasteiger partial charge in [0.05, 0.1) is 6.42 Å². The molecule has 1 aromatic rings. The summed E-state index contributed by atoms with van der Waals surface area (Å²) in [6.07, 6.45) is 4.05. The summed E-state index contributed by atoms with van der Waals surface area (Å²) in [7, 11) is 0. The van der Waals surface area contributed by atoms with E-state index < -0.39 is 11.5 Å². The second-order valence-corrected chi connectivity index (χ2v) is 5.77. The van der Waals surface area contributed by atoms with Crippen LogP contribution in [0.1, 0.15) is 38.5 Å². The number of para-hydroxylation sites is 1. The molecule has 1 aliphatic carbocycles. The molecule has 1 fully saturated rings. The van der Waals surface area contributed by atoms with Crippen LogP contribution >= 0.6 is 0 Å². The minimum Gasteiger partial charge on any atom is -0.481 e. The van der Waals surface area contributed by atoms with Crippen molar-refractivity contribution in [3.63, 3.8) is 0 Å². The molecule has 2 rings (SSSR count). The normalized spacial score (nSPS) is 16.6. The van der Waals surface area contributed by atoms with Crippen molar-refractivity contribution in [1.29, 1.82) is 0 Å². The van der Waals surface area contributed by atoms with Crippen LogP contribution < -0.4 is 10.6 Å². The van der Waals surface area contributed by atoms with Crippen LogP contribution in [0.4, 0.5) is 5.69 Å². The Kier molecular flexibility index (Phi) is 4.96. The van der Waals surface area contributed by atoms with Gasteiger partial charge in [-0.1, -0.05) is 31.0 Å². The number of hydrogen-bond donors (Lipinski definition) is 2. The molecule has 21 heavy (non-hydrogen) atoms. The van der Waals surface area contributed by atoms with Crippen molar-refractivity contribution in [1.82, 2.24) is 0 Å². The zero-order valence-electron chi connectivity index (χ0n) is 12.1. The lowest BCUT2D eigenvalue weighted by atomic mass is 9.94. The fourth-order valence-electron chi connectivity index (χ4n) is 2.87. The third-order valence-corrected chi connectivity index (χ3v) is 4.02. The number of carbonyl (C=O) groups is 2. The van der Waals surface area contributed by atoms with Crippen molar-refractivity contribution >= 4 is 17.6 Å². The molecule has 0 aromatic heterocycles. The minimum atomic E-state index is -0.910. The average molecular weight is 290 g/mol. The van der Waals surface area contributed by atoms with Gasteiger partial charge in [0.25, 0.3) is 0 Å². The predicted octanol–water partition coefficient (Wildman–Crippen LogP) is 2.16. The summed E-state index contributed by atoms with van der Waals surface area (Å²) in [5, 5.41) is 8.86. The monoisotopic (exact) mass is 290 g/mol. The molecule has 5 nitrogen and oxygen atoms in total. The van der Waals surface area contributed by atoms with Crippen LogP contribution in [-0.2, 0) is 9.59 Å². The molecule has 0 bridgehead atoms. The Labute approximate surface area is 124 Å². The summed E-state index contributed by atoms with van der Waals surface area (Å²) in [4.78, 5) is 24.9. The van der Waals surface area contributed by atoms with Crippen LogP contribution in [0.5, 0.6) is 0 Å². The lowest BCUT2D eigenvalue weighted by molar-refractivity contribution is -0.136. The molecule has 0 spiro atoms. The quantitative estimate of drug-likeness (QED) is 0.841. The Morgan fingerprint density at radius 3 is 2.38 bits per heavy atom. The van der Waals surface area contributed by atoms with E-state index in [1.165, 1.54) is 0 Å². The molecule has 3 N–H and O–H groups in total. The summed E-state index contributed by atoms with van der Waals surface area (Å²) >= 11 is 0. The van der Waals surface area contributed by atoms with E-state index in [4.69, 9.17) is 10.8 Å². The maximum atomic E-state index is 12.6. The number of hydrogen-bond acceptors (Lipinski definition) is 3. The topological polar surface area (TPSA) is 83.6 Å². The van der Waals surface area contributed by atoms with Gasteiger partial charge in [-0.05, 0) is 25.0 Å². The molecule has 0 heterocycles. The highest BCUT2D eigenvalue weighted by atomic mass is 16.4. The Hall–Kier alpha value is -1.88. The van der Waals surface area contributed by atoms with Crippen molar-refractivity contribution in [2.45, 2.75) is 44.1 Å². The zero-order chi connectivity index (χ0) is 15.3. The maximum Gasteiger partial charge on any atom is 0.305 e. The molecule has 1 aliphatic rings. The molecule has 1 aromatic carbocycles. The van der Waals surface area contributed by atoms with Crippen LogP contribution in [-0.4, -0.2) is 29.1 Å². The predicted molar refractivity (Wildman–Crippen MR) is 81.1 cm³/mol. The molecule has 0 radical (unpaired) electrons. The maximum absolute atomic E-state index is 12.6. The molecule has 1 amide bonds. The third-order valence-electron chi connectivity index (χ3n) is 4.02. The zero-order valence-corrected chi connectivity index (χ0v) is 12.1. The van der Waals surface area contributed by atoms with E-state index in [2.05, 4.69) is 0 Å². The van der Waals surface area contributed by atoms with Crippen molar-refractivity contribution in [2.24, 2.45) is 5.73 Å². The summed E-state index contributed by atoms with van der Waals surface area (Å²) < 4.78 is 0. The molecule has 114 valence electrons. The molecular weight excluding hydrogens is 268 g/mol. The molecule has 5 heteroatoms. The van der Waals surface area contributed by atoms with Crippen LogP contribution in [0.3, 0.4) is 0 Å². The second kappa shape index (κ2) is 6.72. The van der Waals surface area contributed by atoms with Gasteiger partial charge in [-0.2, -0.15) is 0 Å². The van der Waals surface area contributed by atoms with E-state index in [0.717, 1.165) is 31.4 Å². The van der Waals surface area contributed by atoms with Gasteiger partial charge in [0, 0.05) is 24.2 Å². The highest BCUT2D eigenvalue weighted by molar-refractivity contribution is 5.94. The van der Waals surface area contributed by atoms with Gasteiger partial charge >= 0.3 is 5.97 Å². The van der Waals surface area contributed by atoms with Crippen molar-refractivity contribution in [3.05, 3.63) is 30.3 Å². The molecular formula is C16H22N2O3. The largest absolute Gasteiger partial charge is 0.481 e. The first kappa shape index (κ1) is 15.5. The number of carboxylic acids is 1. The molecule has 0 aliphatic heterocycles. The standard InChI is InChI=1S/C16H22N2O3/c17-16(9-4-5-10-16)12-14(19)18(11-8-15(20)21)13-6-2-1-3-7-13/h1-3,6-7H,4-5,8-12,17H2,(H,20,21). The van der Waals surface area contributed by atoms with Crippen molar-refractivity contribution in [3.8, 4) is 0 Å². The molecule has 1 saturated carbocycles. The van der Waals surface area contributed by atoms with Gasteiger partial charge in [-0.15, -0.1) is 0 Å². The number of amides is 1. The number of nitrogens with two attached hydrogens (primary N) is 1. The van der Waals surface area contributed by atoms with Crippen LogP contribution in [0, 0.1) is 0 Å². The van der Waals surface area contributed by atoms with E-state index in [1.807, 2.05) is 30.3 Å². The smallest absolute Gasteiger partial charge is 0.305 e. The number of benzene rings is 1. The third kappa shape index (κ3) is 4.29. The summed E-state index contributed by atoms with van der Waals surface area (Å²) in [6.45, 7) is 0.175. The first-order valence-corrected chi connectivity index (χ1v) is 7.36. The van der Waals surface area contributed by atoms with Gasteiger partial charge in [-0.3, -0.25) is 9.59 Å². The Morgan fingerprint density at radius 2 is 1.81 bits per heavy atom. The van der Waals surface area contributed by atoms with Crippen LogP contribution in [0.2, 0.25) is 0 Å². The molecule has 0 saturated heterocycles. The van der Waals surface area contributed by atoms with Crippen LogP contribution in [0.25, 0.3) is 0 Å². The number of carboxylic acid groups (broad SMARTS) is 1. The fraction of sp³-hybridized carbons (Fsp3) is 0.500. The van der Waals surface area contributed by atoms with Gasteiger partial charge in [0.15, 0.2) is 0 Å².